The number of nitrogens with one attached hydrogen (secondary N) is 2. The van der Waals surface area contributed by atoms with Crippen LogP contribution in [0.4, 0.5) is 11.6 Å². The number of H-pyrrole nitrogens is 1. The number of anilines is 2. The van der Waals surface area contributed by atoms with E-state index < -0.39 is 0 Å². The molecule has 2 N–H and O–H groups in total. The van der Waals surface area contributed by atoms with Gasteiger partial charge in [-0.25, -0.2) is 4.98 Å². The molecule has 7 heteroatoms. The van der Waals surface area contributed by atoms with Gasteiger partial charge in [-0.3, -0.25) is 14.7 Å². The van der Waals surface area contributed by atoms with Crippen LogP contribution in [0, 0.1) is 0 Å². The fourth-order valence-electron chi connectivity index (χ4n) is 3.40. The summed E-state index contributed by atoms with van der Waals surface area (Å²) < 4.78 is 5.16. The van der Waals surface area contributed by atoms with Gasteiger partial charge in [0.2, 0.25) is 5.95 Å². The van der Waals surface area contributed by atoms with E-state index in [1.165, 1.54) is 5.56 Å². The lowest BCUT2D eigenvalue weighted by Crippen LogP contribution is -2.35. The smallest absolute Gasteiger partial charge is 0.257 e. The van der Waals surface area contributed by atoms with Crippen molar-refractivity contribution in [2.75, 3.05) is 19.0 Å². The van der Waals surface area contributed by atoms with Gasteiger partial charge in [-0.15, -0.1) is 0 Å². The summed E-state index contributed by atoms with van der Waals surface area (Å²) in [6, 6.07) is 15.6. The van der Waals surface area contributed by atoms with Crippen molar-refractivity contribution in [1.82, 2.24) is 14.9 Å². The van der Waals surface area contributed by atoms with E-state index in [1.807, 2.05) is 24.3 Å². The largest absolute Gasteiger partial charge is 0.495 e. The normalized spacial score (nSPS) is 13.8. The van der Waals surface area contributed by atoms with Crippen LogP contribution in [0.15, 0.2) is 53.3 Å². The van der Waals surface area contributed by atoms with Crippen LogP contribution in [-0.4, -0.2) is 28.5 Å². The average Bonchev–Trinajstić information content (AvgIpc) is 2.69. The predicted molar refractivity (Wildman–Crippen MR) is 110 cm³/mol. The van der Waals surface area contributed by atoms with Crippen LogP contribution in [0.25, 0.3) is 0 Å². The highest BCUT2D eigenvalue weighted by molar-refractivity contribution is 6.32. The van der Waals surface area contributed by atoms with E-state index in [0.29, 0.717) is 23.3 Å². The van der Waals surface area contributed by atoms with Gasteiger partial charge in [-0.1, -0.05) is 41.9 Å². The number of methoxy groups -OCH3 is 1. The lowest BCUT2D eigenvalue weighted by Gasteiger charge is -2.27. The minimum Gasteiger partial charge on any atom is -0.495 e. The quantitative estimate of drug-likeness (QED) is 0.687. The van der Waals surface area contributed by atoms with Gasteiger partial charge in [0.15, 0.2) is 0 Å². The molecule has 1 aliphatic heterocycles. The minimum absolute atomic E-state index is 0.107. The van der Waals surface area contributed by atoms with E-state index in [0.717, 1.165) is 36.5 Å². The lowest BCUT2D eigenvalue weighted by atomic mass is 10.1. The molecule has 144 valence electrons. The molecule has 3 aromatic rings. The fourth-order valence-corrected chi connectivity index (χ4v) is 3.66. The van der Waals surface area contributed by atoms with E-state index in [-0.39, 0.29) is 5.56 Å². The number of rotatable bonds is 5. The second kappa shape index (κ2) is 8.04. The van der Waals surface area contributed by atoms with E-state index in [2.05, 4.69) is 32.3 Å². The molecular formula is C21H21ClN4O2. The fraction of sp³-hybridized carbons (Fsp3) is 0.238. The molecule has 0 saturated carbocycles. The van der Waals surface area contributed by atoms with Gasteiger partial charge in [0.25, 0.3) is 5.56 Å². The highest BCUT2D eigenvalue weighted by Crippen LogP contribution is 2.28. The summed E-state index contributed by atoms with van der Waals surface area (Å²) >= 11 is 6.16. The maximum absolute atomic E-state index is 12.6. The average molecular weight is 397 g/mol. The Morgan fingerprint density at radius 3 is 2.82 bits per heavy atom. The Hall–Kier alpha value is -2.83. The van der Waals surface area contributed by atoms with E-state index in [4.69, 9.17) is 16.3 Å². The van der Waals surface area contributed by atoms with Gasteiger partial charge >= 0.3 is 0 Å². The highest BCUT2D eigenvalue weighted by Gasteiger charge is 2.21. The van der Waals surface area contributed by atoms with E-state index in [1.54, 1.807) is 19.2 Å². The van der Waals surface area contributed by atoms with E-state index in [9.17, 15) is 4.79 Å². The van der Waals surface area contributed by atoms with Gasteiger partial charge in [0, 0.05) is 31.7 Å². The van der Waals surface area contributed by atoms with Crippen molar-refractivity contribution in [3.63, 3.8) is 0 Å². The zero-order valence-corrected chi connectivity index (χ0v) is 16.3. The second-order valence-corrected chi connectivity index (χ2v) is 7.17. The van der Waals surface area contributed by atoms with Gasteiger partial charge in [0.05, 0.1) is 23.4 Å². The van der Waals surface area contributed by atoms with Crippen LogP contribution in [0.5, 0.6) is 5.75 Å². The van der Waals surface area contributed by atoms with Crippen molar-refractivity contribution in [3.05, 3.63) is 80.7 Å². The molecule has 0 bridgehead atoms. The van der Waals surface area contributed by atoms with Gasteiger partial charge < -0.3 is 10.1 Å². The number of benzene rings is 2. The first-order valence-electron chi connectivity index (χ1n) is 9.11. The van der Waals surface area contributed by atoms with Crippen LogP contribution in [-0.2, 0) is 19.5 Å². The third kappa shape index (κ3) is 4.03. The standard InChI is InChI=1S/C21H21ClN4O2/c1-28-19-8-7-15(11-17(19)22)23-21-24-18-9-10-26(13-16(18)20(27)25-21)12-14-5-3-2-4-6-14/h2-8,11H,9-10,12-13H2,1H3,(H2,23,24,25,27). The van der Waals surface area contributed by atoms with Crippen molar-refractivity contribution in [1.29, 1.82) is 0 Å². The number of aromatic amines is 1. The van der Waals surface area contributed by atoms with Crippen LogP contribution in [0.1, 0.15) is 16.8 Å². The number of fused-ring (bicyclic) bond motifs is 1. The molecule has 0 aliphatic carbocycles. The molecule has 2 heterocycles. The summed E-state index contributed by atoms with van der Waals surface area (Å²) in [5.74, 6) is 1.01. The number of nitrogens with zero attached hydrogens (tertiary/aromatic N) is 2. The summed E-state index contributed by atoms with van der Waals surface area (Å²) in [5, 5.41) is 3.61. The van der Waals surface area contributed by atoms with Crippen molar-refractivity contribution in [3.8, 4) is 5.75 Å². The molecule has 0 radical (unpaired) electrons. The lowest BCUT2D eigenvalue weighted by molar-refractivity contribution is 0.242. The predicted octanol–water partition coefficient (Wildman–Crippen LogP) is 3.73. The Balaban J connectivity index is 1.51. The molecule has 0 saturated heterocycles. The van der Waals surface area contributed by atoms with Crippen LogP contribution >= 0.6 is 11.6 Å². The Morgan fingerprint density at radius 2 is 2.07 bits per heavy atom. The van der Waals surface area contributed by atoms with Crippen LogP contribution < -0.4 is 15.6 Å². The molecular weight excluding hydrogens is 376 g/mol. The number of halogens is 1. The Morgan fingerprint density at radius 1 is 1.25 bits per heavy atom. The maximum Gasteiger partial charge on any atom is 0.257 e. The molecule has 1 aromatic heterocycles. The Bertz CT molecular complexity index is 1040. The zero-order valence-electron chi connectivity index (χ0n) is 15.5. The number of ether oxygens (including phenoxy) is 1. The topological polar surface area (TPSA) is 70.2 Å². The number of aromatic nitrogens is 2. The molecule has 6 nitrogen and oxygen atoms in total. The number of hydrogen-bond donors (Lipinski definition) is 2. The summed E-state index contributed by atoms with van der Waals surface area (Å²) in [7, 11) is 1.57. The molecule has 0 unspecified atom stereocenters. The molecule has 4 rings (SSSR count). The monoisotopic (exact) mass is 396 g/mol. The van der Waals surface area contributed by atoms with Gasteiger partial charge in [0.1, 0.15) is 5.75 Å². The molecule has 2 aromatic carbocycles. The maximum atomic E-state index is 12.6. The van der Waals surface area contributed by atoms with Crippen LogP contribution in [0.2, 0.25) is 5.02 Å². The summed E-state index contributed by atoms with van der Waals surface area (Å²) in [6.07, 6.45) is 0.740. The highest BCUT2D eigenvalue weighted by atomic mass is 35.5. The molecule has 1 aliphatic rings. The first-order valence-corrected chi connectivity index (χ1v) is 9.49. The summed E-state index contributed by atoms with van der Waals surface area (Å²) in [4.78, 5) is 22.4. The minimum atomic E-state index is -0.107. The first kappa shape index (κ1) is 18.5. The third-order valence-electron chi connectivity index (χ3n) is 4.81. The van der Waals surface area contributed by atoms with Gasteiger partial charge in [-0.2, -0.15) is 0 Å². The van der Waals surface area contributed by atoms with E-state index >= 15 is 0 Å². The molecule has 0 fully saturated rings. The first-order chi connectivity index (χ1) is 13.6. The molecule has 28 heavy (non-hydrogen) atoms. The zero-order chi connectivity index (χ0) is 19.5. The molecule has 0 amide bonds. The summed E-state index contributed by atoms with van der Waals surface area (Å²) in [6.45, 7) is 2.29. The number of hydrogen-bond acceptors (Lipinski definition) is 5. The van der Waals surface area contributed by atoms with Gasteiger partial charge in [-0.05, 0) is 23.8 Å². The summed E-state index contributed by atoms with van der Waals surface area (Å²) in [5.41, 5.74) is 3.45. The SMILES string of the molecule is COc1ccc(Nc2nc3c(c(=O)[nH]2)CN(Cc2ccccc2)CC3)cc1Cl. The third-order valence-corrected chi connectivity index (χ3v) is 5.11. The van der Waals surface area contributed by atoms with Crippen molar-refractivity contribution >= 4 is 23.2 Å². The second-order valence-electron chi connectivity index (χ2n) is 6.76. The molecule has 0 atom stereocenters. The Labute approximate surface area is 168 Å². The van der Waals surface area contributed by atoms with Crippen molar-refractivity contribution in [2.24, 2.45) is 0 Å². The van der Waals surface area contributed by atoms with Crippen LogP contribution in [0.3, 0.4) is 0 Å². The Kier molecular flexibility index (Phi) is 5.32. The van der Waals surface area contributed by atoms with Crippen molar-refractivity contribution in [2.45, 2.75) is 19.5 Å². The van der Waals surface area contributed by atoms with Crippen molar-refractivity contribution < 1.29 is 4.74 Å². The molecule has 0 spiro atoms.